The molecule has 112 valence electrons. The number of ether oxygens (including phenoxy) is 1. The van der Waals surface area contributed by atoms with E-state index in [4.69, 9.17) is 9.84 Å². The van der Waals surface area contributed by atoms with E-state index >= 15 is 0 Å². The van der Waals surface area contributed by atoms with Gasteiger partial charge in [0, 0.05) is 18.1 Å². The number of hydrogen-bond donors (Lipinski definition) is 1. The molecule has 1 aromatic carbocycles. The number of halogens is 1. The highest BCUT2D eigenvalue weighted by atomic mass is 19.1. The minimum absolute atomic E-state index is 0.0237. The molecular formula is C18H21FO2. The van der Waals surface area contributed by atoms with E-state index in [9.17, 15) is 4.39 Å². The van der Waals surface area contributed by atoms with E-state index in [1.54, 1.807) is 6.07 Å². The Labute approximate surface area is 125 Å². The zero-order chi connectivity index (χ0) is 14.7. The largest absolute Gasteiger partial charge is 0.493 e. The van der Waals surface area contributed by atoms with Crippen LogP contribution >= 0.6 is 0 Å². The molecule has 2 aliphatic carbocycles. The van der Waals surface area contributed by atoms with Crippen LogP contribution in [0.2, 0.25) is 0 Å². The van der Waals surface area contributed by atoms with E-state index in [-0.39, 0.29) is 12.4 Å². The Hall–Kier alpha value is -1.53. The summed E-state index contributed by atoms with van der Waals surface area (Å²) in [5.41, 5.74) is 0.603. The fourth-order valence-corrected chi connectivity index (χ4v) is 3.72. The predicted octanol–water partition coefficient (Wildman–Crippen LogP) is 3.37. The second kappa shape index (κ2) is 6.49. The molecule has 2 nitrogen and oxygen atoms in total. The van der Waals surface area contributed by atoms with Crippen LogP contribution in [0.3, 0.4) is 0 Å². The number of rotatable bonds is 4. The second-order valence-corrected chi connectivity index (χ2v) is 6.20. The van der Waals surface area contributed by atoms with Gasteiger partial charge in [0.2, 0.25) is 0 Å². The molecule has 0 amide bonds. The topological polar surface area (TPSA) is 29.5 Å². The van der Waals surface area contributed by atoms with Gasteiger partial charge in [-0.15, -0.1) is 0 Å². The Balaban J connectivity index is 1.61. The summed E-state index contributed by atoms with van der Waals surface area (Å²) >= 11 is 0. The van der Waals surface area contributed by atoms with Gasteiger partial charge < -0.3 is 9.84 Å². The van der Waals surface area contributed by atoms with Crippen LogP contribution in [0.1, 0.15) is 37.7 Å². The van der Waals surface area contributed by atoms with Crippen molar-refractivity contribution >= 4 is 0 Å². The SMILES string of the molecule is OCCC#Cc1cc(F)cc(OCC2CC3CCC2C3)c1. The molecule has 2 fully saturated rings. The molecule has 3 heteroatoms. The lowest BCUT2D eigenvalue weighted by Crippen LogP contribution is -2.18. The molecule has 0 spiro atoms. The van der Waals surface area contributed by atoms with E-state index in [1.165, 1.54) is 37.8 Å². The molecule has 3 atom stereocenters. The molecule has 2 aliphatic rings. The first-order valence-electron chi connectivity index (χ1n) is 7.77. The first-order chi connectivity index (χ1) is 10.2. The molecule has 0 saturated heterocycles. The maximum atomic E-state index is 13.6. The van der Waals surface area contributed by atoms with Gasteiger partial charge in [-0.05, 0) is 49.1 Å². The third-order valence-corrected chi connectivity index (χ3v) is 4.69. The normalized spacial score (nSPS) is 26.5. The van der Waals surface area contributed by atoms with Crippen LogP contribution in [0, 0.1) is 35.4 Å². The lowest BCUT2D eigenvalue weighted by atomic mass is 9.89. The van der Waals surface area contributed by atoms with Crippen LogP contribution in [0.25, 0.3) is 0 Å². The van der Waals surface area contributed by atoms with Crippen LogP contribution in [0.15, 0.2) is 18.2 Å². The van der Waals surface area contributed by atoms with Crippen LogP contribution < -0.4 is 4.74 Å². The number of hydrogen-bond acceptors (Lipinski definition) is 2. The lowest BCUT2D eigenvalue weighted by Gasteiger charge is -2.21. The highest BCUT2D eigenvalue weighted by Crippen LogP contribution is 2.48. The fourth-order valence-electron chi connectivity index (χ4n) is 3.72. The molecule has 21 heavy (non-hydrogen) atoms. The summed E-state index contributed by atoms with van der Waals surface area (Å²) in [4.78, 5) is 0. The van der Waals surface area contributed by atoms with Crippen LogP contribution in [0.5, 0.6) is 5.75 Å². The summed E-state index contributed by atoms with van der Waals surface area (Å²) in [6.45, 7) is 0.712. The van der Waals surface area contributed by atoms with Gasteiger partial charge in [0.1, 0.15) is 11.6 Å². The van der Waals surface area contributed by atoms with Crippen LogP contribution in [-0.2, 0) is 0 Å². The molecule has 2 bridgehead atoms. The van der Waals surface area contributed by atoms with E-state index in [0.717, 1.165) is 11.8 Å². The molecule has 0 radical (unpaired) electrons. The Morgan fingerprint density at radius 3 is 2.86 bits per heavy atom. The van der Waals surface area contributed by atoms with Crippen molar-refractivity contribution in [2.75, 3.05) is 13.2 Å². The molecule has 1 aromatic rings. The van der Waals surface area contributed by atoms with Gasteiger partial charge in [-0.3, -0.25) is 0 Å². The van der Waals surface area contributed by atoms with Crippen molar-refractivity contribution in [3.63, 3.8) is 0 Å². The monoisotopic (exact) mass is 288 g/mol. The maximum Gasteiger partial charge on any atom is 0.128 e. The van der Waals surface area contributed by atoms with Gasteiger partial charge in [-0.1, -0.05) is 18.3 Å². The third kappa shape index (κ3) is 3.57. The van der Waals surface area contributed by atoms with Crippen molar-refractivity contribution in [1.82, 2.24) is 0 Å². The average Bonchev–Trinajstić information content (AvgIpc) is 3.07. The van der Waals surface area contributed by atoms with E-state index in [2.05, 4.69) is 11.8 Å². The van der Waals surface area contributed by atoms with Crippen LogP contribution in [-0.4, -0.2) is 18.3 Å². The summed E-state index contributed by atoms with van der Waals surface area (Å²) in [6.07, 6.45) is 5.74. The van der Waals surface area contributed by atoms with Crippen molar-refractivity contribution in [3.8, 4) is 17.6 Å². The molecule has 1 N–H and O–H groups in total. The smallest absolute Gasteiger partial charge is 0.128 e. The summed E-state index contributed by atoms with van der Waals surface area (Å²) in [7, 11) is 0. The Morgan fingerprint density at radius 1 is 1.24 bits per heavy atom. The van der Waals surface area contributed by atoms with Gasteiger partial charge in [-0.2, -0.15) is 0 Å². The molecule has 0 aromatic heterocycles. The van der Waals surface area contributed by atoms with Crippen molar-refractivity contribution in [3.05, 3.63) is 29.6 Å². The molecule has 2 saturated carbocycles. The number of benzene rings is 1. The summed E-state index contributed by atoms with van der Waals surface area (Å²) < 4.78 is 19.4. The predicted molar refractivity (Wildman–Crippen MR) is 79.4 cm³/mol. The van der Waals surface area contributed by atoms with E-state index in [0.29, 0.717) is 30.3 Å². The minimum Gasteiger partial charge on any atom is -0.493 e. The fraction of sp³-hybridized carbons (Fsp3) is 0.556. The van der Waals surface area contributed by atoms with Crippen molar-refractivity contribution < 1.29 is 14.2 Å². The highest BCUT2D eigenvalue weighted by Gasteiger charge is 2.39. The van der Waals surface area contributed by atoms with Crippen molar-refractivity contribution in [2.24, 2.45) is 17.8 Å². The minimum atomic E-state index is -0.325. The lowest BCUT2D eigenvalue weighted by molar-refractivity contribution is 0.194. The van der Waals surface area contributed by atoms with Gasteiger partial charge in [0.15, 0.2) is 0 Å². The zero-order valence-corrected chi connectivity index (χ0v) is 12.1. The highest BCUT2D eigenvalue weighted by molar-refractivity contribution is 5.40. The average molecular weight is 288 g/mol. The van der Waals surface area contributed by atoms with Gasteiger partial charge in [0.25, 0.3) is 0 Å². The Morgan fingerprint density at radius 2 is 2.14 bits per heavy atom. The van der Waals surface area contributed by atoms with Gasteiger partial charge in [-0.25, -0.2) is 4.39 Å². The quantitative estimate of drug-likeness (QED) is 0.861. The Kier molecular flexibility index (Phi) is 4.45. The number of fused-ring (bicyclic) bond motifs is 2. The summed E-state index contributed by atoms with van der Waals surface area (Å²) in [6, 6.07) is 4.60. The van der Waals surface area contributed by atoms with Crippen molar-refractivity contribution in [1.29, 1.82) is 0 Å². The molecule has 0 aliphatic heterocycles. The van der Waals surface area contributed by atoms with E-state index in [1.807, 2.05) is 0 Å². The standard InChI is InChI=1S/C18H21FO2/c19-17-9-13(3-1-2-6-20)10-18(11-17)21-12-16-8-14-4-5-15(16)7-14/h9-11,14-16,20H,2,4-8,12H2. The number of aliphatic hydroxyl groups excluding tert-OH is 1. The van der Waals surface area contributed by atoms with Crippen LogP contribution in [0.4, 0.5) is 4.39 Å². The first kappa shape index (κ1) is 14.4. The second-order valence-electron chi connectivity index (χ2n) is 6.20. The zero-order valence-electron chi connectivity index (χ0n) is 12.1. The molecule has 0 heterocycles. The third-order valence-electron chi connectivity index (χ3n) is 4.69. The number of aliphatic hydroxyl groups is 1. The van der Waals surface area contributed by atoms with Gasteiger partial charge >= 0.3 is 0 Å². The van der Waals surface area contributed by atoms with Crippen molar-refractivity contribution in [2.45, 2.75) is 32.1 Å². The molecule has 3 rings (SSSR count). The maximum absolute atomic E-state index is 13.6. The Bertz CT molecular complexity index is 558. The summed E-state index contributed by atoms with van der Waals surface area (Å²) in [5, 5.41) is 8.71. The molecule has 3 unspecified atom stereocenters. The molecular weight excluding hydrogens is 267 g/mol. The summed E-state index contributed by atoms with van der Waals surface area (Å²) in [5.74, 6) is 8.24. The first-order valence-corrected chi connectivity index (χ1v) is 7.77. The van der Waals surface area contributed by atoms with E-state index < -0.39 is 0 Å². The van der Waals surface area contributed by atoms with Gasteiger partial charge in [0.05, 0.1) is 13.2 Å².